The highest BCUT2D eigenvalue weighted by Crippen LogP contribution is 2.33. The molecule has 0 spiro atoms. The van der Waals surface area contributed by atoms with Gasteiger partial charge in [-0.25, -0.2) is 0 Å². The van der Waals surface area contributed by atoms with Crippen molar-refractivity contribution in [1.29, 1.82) is 0 Å². The monoisotopic (exact) mass is 272 g/mol. The minimum absolute atomic E-state index is 0.758. The Morgan fingerprint density at radius 3 is 2.81 bits per heavy atom. The number of thioether (sulfide) groups is 1. The van der Waals surface area contributed by atoms with E-state index in [9.17, 15) is 0 Å². The van der Waals surface area contributed by atoms with Crippen molar-refractivity contribution in [2.45, 2.75) is 30.0 Å². The zero-order chi connectivity index (χ0) is 11.4. The van der Waals surface area contributed by atoms with E-state index in [4.69, 9.17) is 12.2 Å². The Bertz CT molecular complexity index is 388. The van der Waals surface area contributed by atoms with Crippen LogP contribution in [-0.2, 0) is 0 Å². The Hall–Kier alpha value is -0.130. The Balaban J connectivity index is 1.75. The number of hydrogen-bond acceptors (Lipinski definition) is 4. The van der Waals surface area contributed by atoms with Crippen LogP contribution in [0.25, 0.3) is 0 Å². The smallest absolute Gasteiger partial charge is 0.177 e. The number of aromatic amines is 1. The molecule has 0 radical (unpaired) electrons. The second-order valence-corrected chi connectivity index (χ2v) is 7.14. The van der Waals surface area contributed by atoms with Crippen molar-refractivity contribution in [1.82, 2.24) is 10.2 Å². The molecule has 5 heteroatoms. The molecule has 1 aromatic heterocycles. The molecule has 1 aromatic rings. The Labute approximate surface area is 110 Å². The van der Waals surface area contributed by atoms with E-state index in [1.54, 1.807) is 11.3 Å². The minimum atomic E-state index is 0.758. The molecular formula is C11H16N2S3. The number of aromatic nitrogens is 2. The van der Waals surface area contributed by atoms with Crippen molar-refractivity contribution in [3.8, 4) is 0 Å². The third kappa shape index (κ3) is 3.43. The van der Waals surface area contributed by atoms with Crippen LogP contribution in [0.5, 0.6) is 0 Å². The fourth-order valence-corrected chi connectivity index (χ4v) is 4.35. The van der Waals surface area contributed by atoms with Gasteiger partial charge in [-0.2, -0.15) is 5.10 Å². The van der Waals surface area contributed by atoms with Crippen LogP contribution >= 0.6 is 35.3 Å². The lowest BCUT2D eigenvalue weighted by atomic mass is 9.83. The van der Waals surface area contributed by atoms with Gasteiger partial charge in [0.05, 0.1) is 0 Å². The van der Waals surface area contributed by atoms with E-state index in [1.807, 2.05) is 11.8 Å². The summed E-state index contributed by atoms with van der Waals surface area (Å²) in [6, 6.07) is 0. The van der Waals surface area contributed by atoms with Crippen LogP contribution in [0.15, 0.2) is 17.0 Å². The zero-order valence-corrected chi connectivity index (χ0v) is 11.6. The molecule has 1 aliphatic carbocycles. The van der Waals surface area contributed by atoms with Crippen LogP contribution < -0.4 is 0 Å². The van der Waals surface area contributed by atoms with Crippen molar-refractivity contribution < 1.29 is 0 Å². The van der Waals surface area contributed by atoms with E-state index in [0.717, 1.165) is 20.1 Å². The van der Waals surface area contributed by atoms with E-state index in [-0.39, 0.29) is 0 Å². The highest BCUT2D eigenvalue weighted by atomic mass is 32.2. The first-order valence-electron chi connectivity index (χ1n) is 5.59. The number of nitrogens with zero attached hydrogens (tertiary/aromatic N) is 1. The molecule has 1 aliphatic rings. The summed E-state index contributed by atoms with van der Waals surface area (Å²) in [4.78, 5) is 0. The third-order valence-corrected chi connectivity index (χ3v) is 5.55. The first-order chi connectivity index (χ1) is 7.78. The summed E-state index contributed by atoms with van der Waals surface area (Å²) in [6.45, 7) is 3.88. The van der Waals surface area contributed by atoms with Crippen LogP contribution in [0.3, 0.4) is 0 Å². The van der Waals surface area contributed by atoms with Gasteiger partial charge in [-0.15, -0.1) is 6.58 Å². The van der Waals surface area contributed by atoms with Crippen molar-refractivity contribution in [2.24, 2.45) is 11.8 Å². The minimum Gasteiger partial charge on any atom is -0.257 e. The summed E-state index contributed by atoms with van der Waals surface area (Å²) in [5, 5.41) is 6.99. The van der Waals surface area contributed by atoms with Gasteiger partial charge >= 0.3 is 0 Å². The molecule has 0 bridgehead atoms. The quantitative estimate of drug-likeness (QED) is 0.504. The number of H-pyrrole nitrogens is 1. The van der Waals surface area contributed by atoms with E-state index < -0.39 is 0 Å². The van der Waals surface area contributed by atoms with E-state index in [0.29, 0.717) is 0 Å². The zero-order valence-electron chi connectivity index (χ0n) is 9.15. The summed E-state index contributed by atoms with van der Waals surface area (Å²) in [5.74, 6) is 2.78. The fraction of sp³-hybridized carbons (Fsp3) is 0.636. The maximum Gasteiger partial charge on any atom is 0.177 e. The molecular weight excluding hydrogens is 256 g/mol. The summed E-state index contributed by atoms with van der Waals surface area (Å²) < 4.78 is 1.86. The second-order valence-electron chi connectivity index (χ2n) is 4.21. The molecule has 1 heterocycles. The predicted octanol–water partition coefficient (Wildman–Crippen LogP) is 4.29. The van der Waals surface area contributed by atoms with Gasteiger partial charge in [-0.1, -0.05) is 29.2 Å². The molecule has 1 fully saturated rings. The molecule has 16 heavy (non-hydrogen) atoms. The van der Waals surface area contributed by atoms with Crippen molar-refractivity contribution in [2.75, 3.05) is 5.75 Å². The number of hydrogen-bond donors (Lipinski definition) is 1. The lowest BCUT2D eigenvalue weighted by molar-refractivity contribution is 0.335. The average Bonchev–Trinajstić information content (AvgIpc) is 2.73. The highest BCUT2D eigenvalue weighted by molar-refractivity contribution is 8.01. The van der Waals surface area contributed by atoms with Gasteiger partial charge in [0.15, 0.2) is 8.29 Å². The normalized spacial score (nSPS) is 25.5. The van der Waals surface area contributed by atoms with Gasteiger partial charge in [0.25, 0.3) is 0 Å². The van der Waals surface area contributed by atoms with Crippen molar-refractivity contribution >= 4 is 35.3 Å². The topological polar surface area (TPSA) is 28.7 Å². The Morgan fingerprint density at radius 2 is 2.25 bits per heavy atom. The van der Waals surface area contributed by atoms with Crippen molar-refractivity contribution in [3.05, 3.63) is 16.6 Å². The molecule has 88 valence electrons. The molecule has 0 aliphatic heterocycles. The van der Waals surface area contributed by atoms with Crippen LogP contribution in [0.2, 0.25) is 0 Å². The molecule has 2 rings (SSSR count). The van der Waals surface area contributed by atoms with E-state index >= 15 is 0 Å². The van der Waals surface area contributed by atoms with Crippen molar-refractivity contribution in [3.63, 3.8) is 0 Å². The number of rotatable bonds is 4. The molecule has 0 aromatic carbocycles. The van der Waals surface area contributed by atoms with E-state index in [2.05, 4.69) is 22.9 Å². The van der Waals surface area contributed by atoms with Crippen LogP contribution in [0, 0.1) is 15.8 Å². The van der Waals surface area contributed by atoms with Gasteiger partial charge in [-0.05, 0) is 49.7 Å². The standard InChI is InChI=1S/C11H16N2S3/c1-2-8-3-5-9(6-4-8)7-15-11-13-12-10(14)16-11/h2,8-9H,1,3-7H2,(H,12,14). The highest BCUT2D eigenvalue weighted by Gasteiger charge is 2.19. The van der Waals surface area contributed by atoms with Gasteiger partial charge in [0, 0.05) is 5.75 Å². The SMILES string of the molecule is C=CC1CCC(CSc2n[nH]c(=S)s2)CC1. The van der Waals surface area contributed by atoms with Gasteiger partial charge in [-0.3, -0.25) is 5.10 Å². The number of allylic oxidation sites excluding steroid dienone is 1. The van der Waals surface area contributed by atoms with Crippen LogP contribution in [0.1, 0.15) is 25.7 Å². The maximum absolute atomic E-state index is 5.01. The van der Waals surface area contributed by atoms with Gasteiger partial charge in [0.2, 0.25) is 0 Å². The molecule has 0 saturated heterocycles. The van der Waals surface area contributed by atoms with Gasteiger partial charge < -0.3 is 0 Å². The Morgan fingerprint density at radius 1 is 1.50 bits per heavy atom. The molecule has 0 unspecified atom stereocenters. The fourth-order valence-electron chi connectivity index (χ4n) is 2.06. The van der Waals surface area contributed by atoms with Gasteiger partial charge in [0.1, 0.15) is 0 Å². The molecule has 1 saturated carbocycles. The summed E-state index contributed by atoms with van der Waals surface area (Å²) in [5.41, 5.74) is 0. The molecule has 0 amide bonds. The molecule has 1 N–H and O–H groups in total. The number of nitrogens with one attached hydrogen (secondary N) is 1. The van der Waals surface area contributed by atoms with Crippen LogP contribution in [-0.4, -0.2) is 16.0 Å². The lowest BCUT2D eigenvalue weighted by Gasteiger charge is -2.25. The summed E-state index contributed by atoms with van der Waals surface area (Å²) >= 11 is 8.43. The first kappa shape index (κ1) is 12.3. The summed E-state index contributed by atoms with van der Waals surface area (Å²) in [6.07, 6.45) is 7.40. The Kier molecular flexibility index (Phi) is 4.61. The largest absolute Gasteiger partial charge is 0.257 e. The maximum atomic E-state index is 5.01. The second kappa shape index (κ2) is 5.98. The average molecular weight is 272 g/mol. The predicted molar refractivity (Wildman–Crippen MR) is 73.7 cm³/mol. The lowest BCUT2D eigenvalue weighted by Crippen LogP contribution is -2.14. The summed E-state index contributed by atoms with van der Waals surface area (Å²) in [7, 11) is 0. The van der Waals surface area contributed by atoms with E-state index in [1.165, 1.54) is 31.4 Å². The van der Waals surface area contributed by atoms with Crippen LogP contribution in [0.4, 0.5) is 0 Å². The molecule has 2 nitrogen and oxygen atoms in total. The third-order valence-electron chi connectivity index (χ3n) is 3.09. The first-order valence-corrected chi connectivity index (χ1v) is 7.80. The molecule has 0 atom stereocenters.